The highest BCUT2D eigenvalue weighted by atomic mass is 16.5. The Morgan fingerprint density at radius 1 is 1.31 bits per heavy atom. The molecule has 1 aliphatic heterocycles. The van der Waals surface area contributed by atoms with E-state index in [1.807, 2.05) is 36.2 Å². The lowest BCUT2D eigenvalue weighted by molar-refractivity contribution is -0.132. The third-order valence-corrected chi connectivity index (χ3v) is 4.85. The average molecular weight is 358 g/mol. The van der Waals surface area contributed by atoms with Gasteiger partial charge in [0.25, 0.3) is 0 Å². The van der Waals surface area contributed by atoms with E-state index in [0.29, 0.717) is 37.0 Å². The molecule has 7 heteroatoms. The van der Waals surface area contributed by atoms with E-state index in [9.17, 15) is 4.79 Å². The topological polar surface area (TPSA) is 80.5 Å². The molecule has 1 N–H and O–H groups in total. The van der Waals surface area contributed by atoms with Gasteiger partial charge < -0.3 is 19.5 Å². The maximum absolute atomic E-state index is 12.3. The average Bonchev–Trinajstić information content (AvgIpc) is 3.17. The van der Waals surface area contributed by atoms with Gasteiger partial charge in [-0.2, -0.15) is 4.98 Å². The number of ether oxygens (including phenoxy) is 1. The van der Waals surface area contributed by atoms with E-state index >= 15 is 0 Å². The molecule has 0 atom stereocenters. The standard InChI is InChI=1S/C19H26N4O3/c1-23(15-10-12-20-13-11-15)18(24)5-3-4-17-21-19(22-26-17)14-6-8-16(25-2)9-7-14/h6-9,15,20H,3-5,10-13H2,1-2H3. The minimum Gasteiger partial charge on any atom is -0.497 e. The van der Waals surface area contributed by atoms with Gasteiger partial charge in [0.1, 0.15) is 5.75 Å². The van der Waals surface area contributed by atoms with E-state index in [2.05, 4.69) is 15.5 Å². The molecular weight excluding hydrogens is 332 g/mol. The van der Waals surface area contributed by atoms with Gasteiger partial charge in [-0.1, -0.05) is 5.16 Å². The maximum atomic E-state index is 12.3. The van der Waals surface area contributed by atoms with Crippen LogP contribution >= 0.6 is 0 Å². The number of nitrogens with one attached hydrogen (secondary N) is 1. The van der Waals surface area contributed by atoms with Gasteiger partial charge in [0.2, 0.25) is 17.6 Å². The quantitative estimate of drug-likeness (QED) is 0.818. The Bertz CT molecular complexity index is 708. The zero-order chi connectivity index (χ0) is 18.4. The van der Waals surface area contributed by atoms with Crippen LogP contribution in [-0.2, 0) is 11.2 Å². The Labute approximate surface area is 153 Å². The fraction of sp³-hybridized carbons (Fsp3) is 0.526. The molecule has 140 valence electrons. The summed E-state index contributed by atoms with van der Waals surface area (Å²) in [6, 6.07) is 7.87. The van der Waals surface area contributed by atoms with E-state index in [1.165, 1.54) is 0 Å². The first-order chi connectivity index (χ1) is 12.7. The summed E-state index contributed by atoms with van der Waals surface area (Å²) < 4.78 is 10.5. The smallest absolute Gasteiger partial charge is 0.226 e. The van der Waals surface area contributed by atoms with Gasteiger partial charge in [0.15, 0.2) is 0 Å². The largest absolute Gasteiger partial charge is 0.497 e. The second-order valence-corrected chi connectivity index (χ2v) is 6.58. The fourth-order valence-corrected chi connectivity index (χ4v) is 3.18. The lowest BCUT2D eigenvalue weighted by atomic mass is 10.0. The number of amides is 1. The van der Waals surface area contributed by atoms with Crippen molar-refractivity contribution in [2.24, 2.45) is 0 Å². The molecule has 2 aromatic rings. The molecule has 1 amide bonds. The third kappa shape index (κ3) is 4.60. The Morgan fingerprint density at radius 2 is 2.04 bits per heavy atom. The molecule has 1 saturated heterocycles. The molecule has 0 saturated carbocycles. The Morgan fingerprint density at radius 3 is 2.73 bits per heavy atom. The predicted molar refractivity (Wildman–Crippen MR) is 97.9 cm³/mol. The van der Waals surface area contributed by atoms with Gasteiger partial charge in [0, 0.05) is 31.5 Å². The zero-order valence-corrected chi connectivity index (χ0v) is 15.4. The van der Waals surface area contributed by atoms with Crippen molar-refractivity contribution in [2.75, 3.05) is 27.2 Å². The molecule has 3 rings (SSSR count). The van der Waals surface area contributed by atoms with Gasteiger partial charge in [-0.15, -0.1) is 0 Å². The molecule has 1 aromatic carbocycles. The number of hydrogen-bond donors (Lipinski definition) is 1. The minimum absolute atomic E-state index is 0.187. The highest BCUT2D eigenvalue weighted by Gasteiger charge is 2.21. The van der Waals surface area contributed by atoms with Crippen LogP contribution in [0.25, 0.3) is 11.4 Å². The van der Waals surface area contributed by atoms with Gasteiger partial charge in [-0.25, -0.2) is 0 Å². The van der Waals surface area contributed by atoms with Crippen molar-refractivity contribution < 1.29 is 14.1 Å². The number of carbonyl (C=O) groups is 1. The van der Waals surface area contributed by atoms with Gasteiger partial charge in [0.05, 0.1) is 7.11 Å². The molecule has 1 fully saturated rings. The first-order valence-electron chi connectivity index (χ1n) is 9.11. The van der Waals surface area contributed by atoms with Gasteiger partial charge in [-0.3, -0.25) is 4.79 Å². The molecule has 0 bridgehead atoms. The van der Waals surface area contributed by atoms with Crippen LogP contribution in [0.2, 0.25) is 0 Å². The van der Waals surface area contributed by atoms with Crippen molar-refractivity contribution in [3.8, 4) is 17.1 Å². The van der Waals surface area contributed by atoms with Crippen molar-refractivity contribution in [1.82, 2.24) is 20.4 Å². The summed E-state index contributed by atoms with van der Waals surface area (Å²) in [6.45, 7) is 1.97. The maximum Gasteiger partial charge on any atom is 0.226 e. The molecule has 0 radical (unpaired) electrons. The number of nitrogens with zero attached hydrogens (tertiary/aromatic N) is 3. The van der Waals surface area contributed by atoms with E-state index in [1.54, 1.807) is 7.11 Å². The van der Waals surface area contributed by atoms with Crippen LogP contribution in [0, 0.1) is 0 Å². The van der Waals surface area contributed by atoms with Crippen LogP contribution in [0.4, 0.5) is 0 Å². The monoisotopic (exact) mass is 358 g/mol. The Balaban J connectivity index is 1.47. The van der Waals surface area contributed by atoms with E-state index < -0.39 is 0 Å². The number of piperidine rings is 1. The molecule has 0 aliphatic carbocycles. The molecular formula is C19H26N4O3. The van der Waals surface area contributed by atoms with Crippen LogP contribution in [0.3, 0.4) is 0 Å². The lowest BCUT2D eigenvalue weighted by Gasteiger charge is -2.31. The number of aryl methyl sites for hydroxylation is 1. The van der Waals surface area contributed by atoms with Crippen LogP contribution in [-0.4, -0.2) is 54.2 Å². The first kappa shape index (κ1) is 18.4. The van der Waals surface area contributed by atoms with Crippen molar-refractivity contribution >= 4 is 5.91 Å². The molecule has 1 aromatic heterocycles. The van der Waals surface area contributed by atoms with Crippen molar-refractivity contribution in [1.29, 1.82) is 0 Å². The predicted octanol–water partition coefficient (Wildman–Crippen LogP) is 2.28. The number of aromatic nitrogens is 2. The second kappa shape index (κ2) is 8.80. The number of rotatable bonds is 7. The van der Waals surface area contributed by atoms with Crippen LogP contribution < -0.4 is 10.1 Å². The van der Waals surface area contributed by atoms with E-state index in [0.717, 1.165) is 37.2 Å². The summed E-state index contributed by atoms with van der Waals surface area (Å²) in [6.07, 6.45) is 3.86. The number of hydrogen-bond acceptors (Lipinski definition) is 6. The Kier molecular flexibility index (Phi) is 6.22. The summed E-state index contributed by atoms with van der Waals surface area (Å²) in [5, 5.41) is 7.34. The summed E-state index contributed by atoms with van der Waals surface area (Å²) in [5.41, 5.74) is 0.877. The molecule has 0 spiro atoms. The third-order valence-electron chi connectivity index (χ3n) is 4.85. The molecule has 2 heterocycles. The Hall–Kier alpha value is -2.41. The molecule has 1 aliphatic rings. The second-order valence-electron chi connectivity index (χ2n) is 6.58. The minimum atomic E-state index is 0.187. The fourth-order valence-electron chi connectivity index (χ4n) is 3.18. The first-order valence-corrected chi connectivity index (χ1v) is 9.11. The number of carbonyl (C=O) groups excluding carboxylic acids is 1. The summed E-state index contributed by atoms with van der Waals surface area (Å²) in [7, 11) is 3.54. The van der Waals surface area contributed by atoms with Crippen molar-refractivity contribution in [3.05, 3.63) is 30.2 Å². The van der Waals surface area contributed by atoms with Crippen LogP contribution in [0.5, 0.6) is 5.75 Å². The molecule has 26 heavy (non-hydrogen) atoms. The van der Waals surface area contributed by atoms with Gasteiger partial charge in [-0.05, 0) is 56.6 Å². The van der Waals surface area contributed by atoms with E-state index in [-0.39, 0.29) is 5.91 Å². The SMILES string of the molecule is COc1ccc(-c2noc(CCCC(=O)N(C)C3CCNCC3)n2)cc1. The van der Waals surface area contributed by atoms with Crippen LogP contribution in [0.15, 0.2) is 28.8 Å². The van der Waals surface area contributed by atoms with Gasteiger partial charge >= 0.3 is 0 Å². The number of benzene rings is 1. The lowest BCUT2D eigenvalue weighted by Crippen LogP contribution is -2.43. The zero-order valence-electron chi connectivity index (χ0n) is 15.4. The summed E-state index contributed by atoms with van der Waals surface area (Å²) >= 11 is 0. The normalized spacial score (nSPS) is 15.0. The summed E-state index contributed by atoms with van der Waals surface area (Å²) in [4.78, 5) is 18.7. The molecule has 7 nitrogen and oxygen atoms in total. The highest BCUT2D eigenvalue weighted by Crippen LogP contribution is 2.20. The van der Waals surface area contributed by atoms with Crippen molar-refractivity contribution in [3.63, 3.8) is 0 Å². The summed E-state index contributed by atoms with van der Waals surface area (Å²) in [5.74, 6) is 2.09. The van der Waals surface area contributed by atoms with Crippen LogP contribution in [0.1, 0.15) is 31.6 Å². The highest BCUT2D eigenvalue weighted by molar-refractivity contribution is 5.76. The van der Waals surface area contributed by atoms with E-state index in [4.69, 9.17) is 9.26 Å². The number of methoxy groups -OCH3 is 1. The molecule has 0 unspecified atom stereocenters. The van der Waals surface area contributed by atoms with Crippen molar-refractivity contribution in [2.45, 2.75) is 38.1 Å².